The van der Waals surface area contributed by atoms with E-state index in [0.717, 1.165) is 13.0 Å². The van der Waals surface area contributed by atoms with Crippen molar-refractivity contribution in [3.8, 4) is 0 Å². The van der Waals surface area contributed by atoms with Crippen molar-refractivity contribution >= 4 is 11.9 Å². The number of hydrogen-bond donors (Lipinski definition) is 2. The molecule has 128 valence electrons. The minimum atomic E-state index is -0.992. The Morgan fingerprint density at radius 2 is 2.21 bits per heavy atom. The lowest BCUT2D eigenvalue weighted by Crippen LogP contribution is -2.54. The second kappa shape index (κ2) is 6.96. The number of hydrogen-bond acceptors (Lipinski definition) is 6. The van der Waals surface area contributed by atoms with E-state index < -0.39 is 5.60 Å². The molecule has 1 atom stereocenters. The molecule has 3 rings (SSSR count). The summed E-state index contributed by atoms with van der Waals surface area (Å²) >= 11 is 0. The number of rotatable bonds is 5. The second-order valence-electron chi connectivity index (χ2n) is 6.07. The highest BCUT2D eigenvalue weighted by atomic mass is 16.3. The predicted molar refractivity (Wildman–Crippen MR) is 88.7 cm³/mol. The molecule has 8 heteroatoms. The number of piperidine rings is 1. The Morgan fingerprint density at radius 3 is 2.92 bits per heavy atom. The number of nitrogens with one attached hydrogen (secondary N) is 1. The minimum absolute atomic E-state index is 0.187. The van der Waals surface area contributed by atoms with E-state index in [4.69, 9.17) is 0 Å². The van der Waals surface area contributed by atoms with Crippen molar-refractivity contribution in [1.82, 2.24) is 25.1 Å². The molecule has 0 radical (unpaired) electrons. The number of β-amino-alcohol motifs (C(OH)–C–C–N with tert-alkyl or cyclic N) is 1. The molecule has 1 amide bonds. The fraction of sp³-hybridized carbons (Fsp3) is 0.500. The summed E-state index contributed by atoms with van der Waals surface area (Å²) in [5.74, 6) is 0.377. The largest absolute Gasteiger partial charge is 0.386 e. The van der Waals surface area contributed by atoms with E-state index in [9.17, 15) is 9.90 Å². The summed E-state index contributed by atoms with van der Waals surface area (Å²) in [4.78, 5) is 22.6. The van der Waals surface area contributed by atoms with E-state index in [0.29, 0.717) is 31.0 Å². The molecule has 24 heavy (non-hydrogen) atoms. The molecule has 1 aliphatic heterocycles. The first-order valence-electron chi connectivity index (χ1n) is 8.15. The highest BCUT2D eigenvalue weighted by Gasteiger charge is 2.34. The molecule has 2 N–H and O–H groups in total. The standard InChI is InChI=1S/C16H22N6O2/c1-2-22-10-13(9-20-22)14(23)19-11-16(24)5-3-8-21(12-16)15-17-6-4-7-18-15/h4,6-7,9-10,24H,2-3,5,8,11-12H2,1H3,(H,19,23)/t16-/m1/s1. The molecule has 3 heterocycles. The molecule has 0 spiro atoms. The average Bonchev–Trinajstić information content (AvgIpc) is 3.10. The maximum Gasteiger partial charge on any atom is 0.254 e. The topological polar surface area (TPSA) is 96.2 Å². The minimum Gasteiger partial charge on any atom is -0.386 e. The molecule has 1 aliphatic rings. The number of aryl methyl sites for hydroxylation is 1. The molecule has 2 aromatic heterocycles. The van der Waals surface area contributed by atoms with Gasteiger partial charge in [0.15, 0.2) is 0 Å². The van der Waals surface area contributed by atoms with Crippen LogP contribution in [0, 0.1) is 0 Å². The molecule has 0 aromatic carbocycles. The molecule has 0 saturated carbocycles. The van der Waals surface area contributed by atoms with Gasteiger partial charge in [0.25, 0.3) is 5.91 Å². The first-order chi connectivity index (χ1) is 11.6. The van der Waals surface area contributed by atoms with Crippen LogP contribution in [0.25, 0.3) is 0 Å². The summed E-state index contributed by atoms with van der Waals surface area (Å²) in [5, 5.41) is 17.7. The maximum absolute atomic E-state index is 12.2. The van der Waals surface area contributed by atoms with Gasteiger partial charge < -0.3 is 15.3 Å². The van der Waals surface area contributed by atoms with Gasteiger partial charge in [0.1, 0.15) is 0 Å². The van der Waals surface area contributed by atoms with Crippen LogP contribution >= 0.6 is 0 Å². The average molecular weight is 330 g/mol. The van der Waals surface area contributed by atoms with Gasteiger partial charge in [-0.1, -0.05) is 0 Å². The third-order valence-electron chi connectivity index (χ3n) is 4.19. The molecular formula is C16H22N6O2. The number of carbonyl (C=O) groups is 1. The molecule has 0 aliphatic carbocycles. The molecule has 0 bridgehead atoms. The molecule has 2 aromatic rings. The molecule has 1 fully saturated rings. The van der Waals surface area contributed by atoms with Crippen LogP contribution in [-0.2, 0) is 6.54 Å². The number of amides is 1. The van der Waals surface area contributed by atoms with Crippen molar-refractivity contribution < 1.29 is 9.90 Å². The molecular weight excluding hydrogens is 308 g/mol. The van der Waals surface area contributed by atoms with E-state index in [1.807, 2.05) is 11.8 Å². The molecule has 0 unspecified atom stereocenters. The maximum atomic E-state index is 12.2. The predicted octanol–water partition coefficient (Wildman–Crippen LogP) is 0.454. The second-order valence-corrected chi connectivity index (χ2v) is 6.07. The van der Waals surface area contributed by atoms with Gasteiger partial charge in [-0.15, -0.1) is 0 Å². The normalized spacial score (nSPS) is 20.8. The molecule has 1 saturated heterocycles. The highest BCUT2D eigenvalue weighted by Crippen LogP contribution is 2.23. The summed E-state index contributed by atoms with van der Waals surface area (Å²) in [5.41, 5.74) is -0.493. The van der Waals surface area contributed by atoms with Crippen LogP contribution in [0.15, 0.2) is 30.9 Å². The summed E-state index contributed by atoms with van der Waals surface area (Å²) in [6, 6.07) is 1.76. The Morgan fingerprint density at radius 1 is 1.42 bits per heavy atom. The van der Waals surface area contributed by atoms with Crippen LogP contribution in [0.5, 0.6) is 0 Å². The number of aromatic nitrogens is 4. The first-order valence-corrected chi connectivity index (χ1v) is 8.15. The quantitative estimate of drug-likeness (QED) is 0.826. The lowest BCUT2D eigenvalue weighted by Gasteiger charge is -2.39. The monoisotopic (exact) mass is 330 g/mol. The van der Waals surface area contributed by atoms with Crippen LogP contribution in [-0.4, -0.2) is 56.0 Å². The van der Waals surface area contributed by atoms with Gasteiger partial charge in [0, 0.05) is 38.2 Å². The van der Waals surface area contributed by atoms with Gasteiger partial charge in [0.05, 0.1) is 23.9 Å². The number of anilines is 1. The van der Waals surface area contributed by atoms with E-state index in [1.54, 1.807) is 29.3 Å². The van der Waals surface area contributed by atoms with Gasteiger partial charge in [-0.2, -0.15) is 5.10 Å². The summed E-state index contributed by atoms with van der Waals surface area (Å²) < 4.78 is 1.69. The van der Waals surface area contributed by atoms with Crippen LogP contribution in [0.1, 0.15) is 30.1 Å². The van der Waals surface area contributed by atoms with Crippen LogP contribution in [0.4, 0.5) is 5.95 Å². The van der Waals surface area contributed by atoms with Crippen molar-refractivity contribution in [2.24, 2.45) is 0 Å². The Hall–Kier alpha value is -2.48. The van der Waals surface area contributed by atoms with Gasteiger partial charge in [0.2, 0.25) is 5.95 Å². The van der Waals surface area contributed by atoms with Gasteiger partial charge >= 0.3 is 0 Å². The third kappa shape index (κ3) is 3.70. The van der Waals surface area contributed by atoms with Gasteiger partial charge in [-0.3, -0.25) is 9.48 Å². The lowest BCUT2D eigenvalue weighted by atomic mass is 9.93. The molecule has 8 nitrogen and oxygen atoms in total. The summed E-state index contributed by atoms with van der Waals surface area (Å²) in [6.45, 7) is 4.05. The number of carbonyl (C=O) groups excluding carboxylic acids is 1. The highest BCUT2D eigenvalue weighted by molar-refractivity contribution is 5.93. The van der Waals surface area contributed by atoms with E-state index in [2.05, 4.69) is 20.4 Å². The summed E-state index contributed by atoms with van der Waals surface area (Å²) in [6.07, 6.45) is 8.05. The van der Waals surface area contributed by atoms with E-state index >= 15 is 0 Å². The van der Waals surface area contributed by atoms with Gasteiger partial charge in [-0.25, -0.2) is 9.97 Å². The van der Waals surface area contributed by atoms with Crippen molar-refractivity contribution in [2.45, 2.75) is 31.9 Å². The SMILES string of the molecule is CCn1cc(C(=O)NC[C@]2(O)CCCN(c3ncccn3)C2)cn1. The Kier molecular flexibility index (Phi) is 4.75. The smallest absolute Gasteiger partial charge is 0.254 e. The van der Waals surface area contributed by atoms with Crippen LogP contribution < -0.4 is 10.2 Å². The fourth-order valence-electron chi connectivity index (χ4n) is 2.88. The van der Waals surface area contributed by atoms with Crippen LogP contribution in [0.2, 0.25) is 0 Å². The summed E-state index contributed by atoms with van der Waals surface area (Å²) in [7, 11) is 0. The van der Waals surface area contributed by atoms with Crippen molar-refractivity contribution in [1.29, 1.82) is 0 Å². The van der Waals surface area contributed by atoms with Crippen molar-refractivity contribution in [3.63, 3.8) is 0 Å². The zero-order chi connectivity index (χ0) is 17.0. The Bertz CT molecular complexity index is 689. The Labute approximate surface area is 140 Å². The lowest BCUT2D eigenvalue weighted by molar-refractivity contribution is 0.0252. The van der Waals surface area contributed by atoms with E-state index in [1.165, 1.54) is 6.20 Å². The van der Waals surface area contributed by atoms with Gasteiger partial charge in [-0.05, 0) is 25.8 Å². The third-order valence-corrected chi connectivity index (χ3v) is 4.19. The van der Waals surface area contributed by atoms with Crippen LogP contribution in [0.3, 0.4) is 0 Å². The number of aliphatic hydroxyl groups is 1. The first kappa shape index (κ1) is 16.4. The van der Waals surface area contributed by atoms with Crippen molar-refractivity contribution in [2.75, 3.05) is 24.5 Å². The van der Waals surface area contributed by atoms with Crippen molar-refractivity contribution in [3.05, 3.63) is 36.4 Å². The Balaban J connectivity index is 1.60. The number of nitrogens with zero attached hydrogens (tertiary/aromatic N) is 5. The fourth-order valence-corrected chi connectivity index (χ4v) is 2.88. The zero-order valence-corrected chi connectivity index (χ0v) is 13.7. The zero-order valence-electron chi connectivity index (χ0n) is 13.7. The van der Waals surface area contributed by atoms with E-state index in [-0.39, 0.29) is 12.5 Å².